The molecule has 0 bridgehead atoms. The van der Waals surface area contributed by atoms with Crippen LogP contribution in [0.25, 0.3) is 0 Å². The molecule has 0 spiro atoms. The molecule has 0 radical (unpaired) electrons. The number of ether oxygens (including phenoxy) is 2. The lowest BCUT2D eigenvalue weighted by molar-refractivity contribution is 0.171. The molecule has 1 aliphatic rings. The van der Waals surface area contributed by atoms with Crippen molar-refractivity contribution in [1.29, 1.82) is 0 Å². The Labute approximate surface area is 187 Å². The second-order valence-electron chi connectivity index (χ2n) is 6.16. The summed E-state index contributed by atoms with van der Waals surface area (Å²) in [6.45, 7) is 6.33. The Hall–Kier alpha value is -1.68. The van der Waals surface area contributed by atoms with Gasteiger partial charge in [-0.1, -0.05) is 11.6 Å². The Kier molecular flexibility index (Phi) is 9.69. The molecule has 2 aromatic rings. The second-order valence-corrected chi connectivity index (χ2v) is 6.57. The molecule has 0 saturated heterocycles. The largest absolute Gasteiger partial charge is 0.486 e. The van der Waals surface area contributed by atoms with E-state index in [2.05, 4.69) is 27.6 Å². The number of guanidine groups is 1. The molecule has 7 nitrogen and oxygen atoms in total. The van der Waals surface area contributed by atoms with Crippen LogP contribution < -0.4 is 20.1 Å². The van der Waals surface area contributed by atoms with E-state index < -0.39 is 0 Å². The van der Waals surface area contributed by atoms with Crippen LogP contribution in [0.3, 0.4) is 0 Å². The zero-order valence-electron chi connectivity index (χ0n) is 16.0. The van der Waals surface area contributed by atoms with Gasteiger partial charge in [0.1, 0.15) is 13.2 Å². The maximum absolute atomic E-state index is 6.30. The number of aryl methyl sites for hydroxylation is 1. The molecule has 154 valence electrons. The van der Waals surface area contributed by atoms with Gasteiger partial charge >= 0.3 is 0 Å². The Morgan fingerprint density at radius 3 is 2.93 bits per heavy atom. The lowest BCUT2D eigenvalue weighted by Gasteiger charge is -2.20. The smallest absolute Gasteiger partial charge is 0.191 e. The minimum absolute atomic E-state index is 0. The summed E-state index contributed by atoms with van der Waals surface area (Å²) in [6, 6.07) is 5.86. The molecule has 1 aliphatic heterocycles. The zero-order valence-corrected chi connectivity index (χ0v) is 19.1. The number of nitrogens with zero attached hydrogens (tertiary/aromatic N) is 3. The van der Waals surface area contributed by atoms with Crippen LogP contribution in [0, 0.1) is 0 Å². The first-order chi connectivity index (χ1) is 13.3. The normalized spacial score (nSPS) is 13.0. The fourth-order valence-corrected chi connectivity index (χ4v) is 3.12. The number of benzene rings is 1. The predicted octanol–water partition coefficient (Wildman–Crippen LogP) is 3.11. The van der Waals surface area contributed by atoms with Gasteiger partial charge in [-0.25, -0.2) is 0 Å². The van der Waals surface area contributed by atoms with E-state index in [1.54, 1.807) is 6.20 Å². The van der Waals surface area contributed by atoms with E-state index in [1.165, 1.54) is 0 Å². The molecule has 28 heavy (non-hydrogen) atoms. The first kappa shape index (κ1) is 22.6. The average molecular weight is 520 g/mol. The van der Waals surface area contributed by atoms with Gasteiger partial charge in [-0.15, -0.1) is 24.0 Å². The van der Waals surface area contributed by atoms with E-state index in [0.29, 0.717) is 24.0 Å². The first-order valence-corrected chi connectivity index (χ1v) is 9.71. The summed E-state index contributed by atoms with van der Waals surface area (Å²) in [5.41, 5.74) is 1.10. The van der Waals surface area contributed by atoms with Crippen LogP contribution in [0.15, 0.2) is 35.6 Å². The molecule has 0 unspecified atom stereocenters. The molecule has 0 atom stereocenters. The van der Waals surface area contributed by atoms with E-state index >= 15 is 0 Å². The summed E-state index contributed by atoms with van der Waals surface area (Å²) in [7, 11) is 0. The number of fused-ring (bicyclic) bond motifs is 1. The SMILES string of the molecule is CCNC(=NCCCn1cccn1)NCCc1cc(Cl)c2c(c1)OCCO2.I. The van der Waals surface area contributed by atoms with E-state index in [9.17, 15) is 0 Å². The highest BCUT2D eigenvalue weighted by molar-refractivity contribution is 14.0. The quantitative estimate of drug-likeness (QED) is 0.243. The molecule has 1 aromatic carbocycles. The number of hydrogen-bond donors (Lipinski definition) is 2. The van der Waals surface area contributed by atoms with Crippen LogP contribution in [-0.4, -0.2) is 48.6 Å². The number of aromatic nitrogens is 2. The summed E-state index contributed by atoms with van der Waals surface area (Å²) in [4.78, 5) is 4.61. The van der Waals surface area contributed by atoms with Crippen molar-refractivity contribution in [1.82, 2.24) is 20.4 Å². The molecule has 3 rings (SSSR count). The van der Waals surface area contributed by atoms with Crippen LogP contribution >= 0.6 is 35.6 Å². The molecule has 0 aliphatic carbocycles. The molecule has 0 fully saturated rings. The van der Waals surface area contributed by atoms with Crippen molar-refractivity contribution in [3.8, 4) is 11.5 Å². The third-order valence-corrected chi connectivity index (χ3v) is 4.36. The van der Waals surface area contributed by atoms with Crippen molar-refractivity contribution in [3.05, 3.63) is 41.2 Å². The van der Waals surface area contributed by atoms with Gasteiger partial charge in [-0.3, -0.25) is 9.67 Å². The van der Waals surface area contributed by atoms with Gasteiger partial charge in [0.2, 0.25) is 0 Å². The Morgan fingerprint density at radius 1 is 1.29 bits per heavy atom. The minimum atomic E-state index is 0. The highest BCUT2D eigenvalue weighted by Crippen LogP contribution is 2.38. The van der Waals surface area contributed by atoms with Gasteiger partial charge in [-0.2, -0.15) is 5.10 Å². The van der Waals surface area contributed by atoms with Crippen molar-refractivity contribution >= 4 is 41.5 Å². The van der Waals surface area contributed by atoms with E-state index in [0.717, 1.165) is 56.3 Å². The number of aliphatic imine (C=N–C) groups is 1. The minimum Gasteiger partial charge on any atom is -0.486 e. The maximum Gasteiger partial charge on any atom is 0.191 e. The Morgan fingerprint density at radius 2 is 2.14 bits per heavy atom. The third-order valence-electron chi connectivity index (χ3n) is 4.08. The molecule has 2 heterocycles. The number of halogens is 2. The third kappa shape index (κ3) is 6.73. The van der Waals surface area contributed by atoms with Crippen LogP contribution in [0.2, 0.25) is 5.02 Å². The van der Waals surface area contributed by atoms with Crippen LogP contribution in [-0.2, 0) is 13.0 Å². The first-order valence-electron chi connectivity index (χ1n) is 9.34. The number of hydrogen-bond acceptors (Lipinski definition) is 4. The number of rotatable bonds is 8. The number of nitrogens with one attached hydrogen (secondary N) is 2. The van der Waals surface area contributed by atoms with Gasteiger partial charge in [-0.05, 0) is 43.5 Å². The summed E-state index contributed by atoms with van der Waals surface area (Å²) >= 11 is 6.30. The van der Waals surface area contributed by atoms with Crippen LogP contribution in [0.5, 0.6) is 11.5 Å². The molecule has 0 saturated carbocycles. The fraction of sp³-hybridized carbons (Fsp3) is 0.474. The van der Waals surface area contributed by atoms with Crippen molar-refractivity contribution < 1.29 is 9.47 Å². The van der Waals surface area contributed by atoms with E-state index in [1.807, 2.05) is 29.1 Å². The fourth-order valence-electron chi connectivity index (χ4n) is 2.83. The summed E-state index contributed by atoms with van der Waals surface area (Å²) < 4.78 is 13.1. The van der Waals surface area contributed by atoms with Crippen molar-refractivity contribution in [2.24, 2.45) is 4.99 Å². The average Bonchev–Trinajstić information content (AvgIpc) is 3.19. The Bertz CT molecular complexity index is 755. The summed E-state index contributed by atoms with van der Waals surface area (Å²) in [5, 5.41) is 11.4. The topological polar surface area (TPSA) is 72.7 Å². The van der Waals surface area contributed by atoms with Gasteiger partial charge in [0.15, 0.2) is 17.5 Å². The molecular weight excluding hydrogens is 493 g/mol. The van der Waals surface area contributed by atoms with Crippen LogP contribution in [0.4, 0.5) is 0 Å². The van der Waals surface area contributed by atoms with Crippen LogP contribution in [0.1, 0.15) is 18.9 Å². The molecule has 2 N–H and O–H groups in total. The predicted molar refractivity (Wildman–Crippen MR) is 122 cm³/mol. The maximum atomic E-state index is 6.30. The summed E-state index contributed by atoms with van der Waals surface area (Å²) in [5.74, 6) is 2.19. The van der Waals surface area contributed by atoms with Gasteiger partial charge < -0.3 is 20.1 Å². The molecule has 0 amide bonds. The van der Waals surface area contributed by atoms with Gasteiger partial charge in [0.05, 0.1) is 5.02 Å². The molecule has 1 aromatic heterocycles. The molecular formula is C19H27ClIN5O2. The lowest BCUT2D eigenvalue weighted by Crippen LogP contribution is -2.38. The Balaban J connectivity index is 0.00000280. The van der Waals surface area contributed by atoms with Crippen molar-refractivity contribution in [2.75, 3.05) is 32.8 Å². The highest BCUT2D eigenvalue weighted by atomic mass is 127. The highest BCUT2D eigenvalue weighted by Gasteiger charge is 2.16. The molecule has 9 heteroatoms. The standard InChI is InChI=1S/C19H26ClN5O2.HI/c1-2-21-19(22-6-3-9-25-10-4-7-24-25)23-8-5-15-13-16(20)18-17(14-15)26-11-12-27-18;/h4,7,10,13-14H,2-3,5-6,8-9,11-12H2,1H3,(H2,21,22,23);1H. The monoisotopic (exact) mass is 519 g/mol. The van der Waals surface area contributed by atoms with Crippen molar-refractivity contribution in [2.45, 2.75) is 26.3 Å². The lowest BCUT2D eigenvalue weighted by atomic mass is 10.1. The van der Waals surface area contributed by atoms with E-state index in [4.69, 9.17) is 21.1 Å². The van der Waals surface area contributed by atoms with Gasteiger partial charge in [0.25, 0.3) is 0 Å². The van der Waals surface area contributed by atoms with Crippen molar-refractivity contribution in [3.63, 3.8) is 0 Å². The van der Waals surface area contributed by atoms with Gasteiger partial charge in [0, 0.05) is 38.6 Å². The van der Waals surface area contributed by atoms with E-state index in [-0.39, 0.29) is 24.0 Å². The zero-order chi connectivity index (χ0) is 18.9. The summed E-state index contributed by atoms with van der Waals surface area (Å²) in [6.07, 6.45) is 5.51. The second kappa shape index (κ2) is 12.0.